The summed E-state index contributed by atoms with van der Waals surface area (Å²) in [6.07, 6.45) is 6.15. The van der Waals surface area contributed by atoms with Gasteiger partial charge in [-0.3, -0.25) is 4.79 Å². The molecule has 1 fully saturated rings. The number of piperidine rings is 1. The lowest BCUT2D eigenvalue weighted by atomic mass is 9.95. The van der Waals surface area contributed by atoms with Crippen molar-refractivity contribution in [2.75, 3.05) is 13.1 Å². The van der Waals surface area contributed by atoms with Crippen molar-refractivity contribution >= 4 is 27.5 Å². The summed E-state index contributed by atoms with van der Waals surface area (Å²) in [5, 5.41) is 5.27. The Labute approximate surface area is 156 Å². The van der Waals surface area contributed by atoms with Crippen molar-refractivity contribution in [3.05, 3.63) is 46.3 Å². The number of thiazole rings is 1. The molecule has 2 aromatic heterocycles. The van der Waals surface area contributed by atoms with Crippen molar-refractivity contribution < 1.29 is 9.32 Å². The van der Waals surface area contributed by atoms with E-state index in [1.165, 1.54) is 4.70 Å². The summed E-state index contributed by atoms with van der Waals surface area (Å²) >= 11 is 1.75. The molecule has 2 aliphatic rings. The maximum absolute atomic E-state index is 13.1. The summed E-state index contributed by atoms with van der Waals surface area (Å²) in [5.41, 5.74) is 2.65. The number of likely N-dealkylation sites (tertiary alicyclic amines) is 1. The third kappa shape index (κ3) is 2.72. The van der Waals surface area contributed by atoms with Crippen LogP contribution in [-0.2, 0) is 12.8 Å². The van der Waals surface area contributed by atoms with Gasteiger partial charge in [-0.25, -0.2) is 4.98 Å². The molecule has 5 rings (SSSR count). The van der Waals surface area contributed by atoms with Crippen molar-refractivity contribution in [2.24, 2.45) is 0 Å². The minimum atomic E-state index is 0.0303. The van der Waals surface area contributed by atoms with Crippen LogP contribution in [0.2, 0.25) is 0 Å². The van der Waals surface area contributed by atoms with Gasteiger partial charge >= 0.3 is 0 Å². The van der Waals surface area contributed by atoms with Crippen molar-refractivity contribution in [1.29, 1.82) is 0 Å². The molecule has 0 radical (unpaired) electrons. The molecular formula is C20H21N3O2S. The van der Waals surface area contributed by atoms with E-state index in [2.05, 4.69) is 23.4 Å². The fourth-order valence-corrected chi connectivity index (χ4v) is 5.22. The highest BCUT2D eigenvalue weighted by atomic mass is 32.1. The highest BCUT2D eigenvalue weighted by Crippen LogP contribution is 2.34. The molecule has 0 saturated carbocycles. The molecule has 1 aliphatic heterocycles. The summed E-state index contributed by atoms with van der Waals surface area (Å²) < 4.78 is 6.66. The second-order valence-corrected chi connectivity index (χ2v) is 8.31. The number of para-hydroxylation sites is 1. The number of amides is 1. The van der Waals surface area contributed by atoms with Gasteiger partial charge in [0.15, 0.2) is 5.69 Å². The smallest absolute Gasteiger partial charge is 0.276 e. The van der Waals surface area contributed by atoms with E-state index in [-0.39, 0.29) is 5.91 Å². The van der Waals surface area contributed by atoms with Gasteiger partial charge in [-0.05, 0) is 44.2 Å². The van der Waals surface area contributed by atoms with E-state index < -0.39 is 0 Å². The number of aryl methyl sites for hydroxylation is 1. The van der Waals surface area contributed by atoms with Gasteiger partial charge in [0.2, 0.25) is 0 Å². The Morgan fingerprint density at radius 1 is 1.19 bits per heavy atom. The Kier molecular flexibility index (Phi) is 4.00. The molecule has 3 heterocycles. The van der Waals surface area contributed by atoms with Crippen molar-refractivity contribution in [3.63, 3.8) is 0 Å². The van der Waals surface area contributed by atoms with Crippen LogP contribution >= 0.6 is 11.3 Å². The van der Waals surface area contributed by atoms with Crippen LogP contribution in [-0.4, -0.2) is 34.0 Å². The van der Waals surface area contributed by atoms with Gasteiger partial charge in [0.1, 0.15) is 5.76 Å². The molecule has 0 spiro atoms. The summed E-state index contributed by atoms with van der Waals surface area (Å²) in [5.74, 6) is 1.26. The number of benzene rings is 1. The molecule has 1 atom stereocenters. The molecule has 1 unspecified atom stereocenters. The van der Waals surface area contributed by atoms with Crippen LogP contribution in [0.4, 0.5) is 0 Å². The average Bonchev–Trinajstić information content (AvgIpc) is 3.32. The number of aromatic nitrogens is 2. The van der Waals surface area contributed by atoms with Gasteiger partial charge in [0.25, 0.3) is 5.91 Å². The molecule has 0 bridgehead atoms. The van der Waals surface area contributed by atoms with E-state index in [4.69, 9.17) is 9.51 Å². The maximum Gasteiger partial charge on any atom is 0.276 e. The van der Waals surface area contributed by atoms with E-state index in [0.29, 0.717) is 11.6 Å². The predicted molar refractivity (Wildman–Crippen MR) is 101 cm³/mol. The predicted octanol–water partition coefficient (Wildman–Crippen LogP) is 4.18. The summed E-state index contributed by atoms with van der Waals surface area (Å²) in [6.45, 7) is 1.52. The first-order chi connectivity index (χ1) is 12.8. The number of carbonyl (C=O) groups excluding carboxylic acids is 1. The Balaban J connectivity index is 1.38. The van der Waals surface area contributed by atoms with Crippen molar-refractivity contribution in [2.45, 2.75) is 44.4 Å². The first kappa shape index (κ1) is 16.0. The van der Waals surface area contributed by atoms with Crippen LogP contribution in [0.15, 0.2) is 28.8 Å². The first-order valence-electron chi connectivity index (χ1n) is 9.42. The largest absolute Gasteiger partial charge is 0.360 e. The van der Waals surface area contributed by atoms with Gasteiger partial charge < -0.3 is 9.42 Å². The molecule has 0 N–H and O–H groups in total. The van der Waals surface area contributed by atoms with Gasteiger partial charge in [0.05, 0.1) is 15.2 Å². The summed E-state index contributed by atoms with van der Waals surface area (Å²) in [6, 6.07) is 8.25. The molecule has 1 aliphatic carbocycles. The van der Waals surface area contributed by atoms with Gasteiger partial charge in [-0.1, -0.05) is 17.3 Å². The van der Waals surface area contributed by atoms with Crippen LogP contribution in [0.5, 0.6) is 0 Å². The van der Waals surface area contributed by atoms with Crippen LogP contribution in [0.3, 0.4) is 0 Å². The average molecular weight is 367 g/mol. The van der Waals surface area contributed by atoms with Crippen LogP contribution < -0.4 is 0 Å². The number of carbonyl (C=O) groups is 1. The van der Waals surface area contributed by atoms with E-state index in [1.54, 1.807) is 11.3 Å². The Morgan fingerprint density at radius 2 is 2.08 bits per heavy atom. The van der Waals surface area contributed by atoms with E-state index in [1.807, 2.05) is 11.0 Å². The quantitative estimate of drug-likeness (QED) is 0.682. The minimum Gasteiger partial charge on any atom is -0.360 e. The zero-order valence-corrected chi connectivity index (χ0v) is 15.4. The fraction of sp³-hybridized carbons (Fsp3) is 0.450. The molecule has 1 amide bonds. The lowest BCUT2D eigenvalue weighted by Gasteiger charge is -2.31. The van der Waals surface area contributed by atoms with Crippen LogP contribution in [0.1, 0.15) is 58.4 Å². The number of nitrogens with zero attached hydrogens (tertiary/aromatic N) is 3. The lowest BCUT2D eigenvalue weighted by molar-refractivity contribution is 0.0695. The molecule has 5 nitrogen and oxygen atoms in total. The number of fused-ring (bicyclic) bond motifs is 2. The highest BCUT2D eigenvalue weighted by Gasteiger charge is 2.31. The molecule has 1 saturated heterocycles. The molecule has 134 valence electrons. The summed E-state index contributed by atoms with van der Waals surface area (Å²) in [4.78, 5) is 19.8. The van der Waals surface area contributed by atoms with Crippen molar-refractivity contribution in [3.8, 4) is 0 Å². The second-order valence-electron chi connectivity index (χ2n) is 7.25. The molecular weight excluding hydrogens is 346 g/mol. The highest BCUT2D eigenvalue weighted by molar-refractivity contribution is 7.18. The van der Waals surface area contributed by atoms with Crippen LogP contribution in [0, 0.1) is 0 Å². The first-order valence-corrected chi connectivity index (χ1v) is 10.2. The molecule has 6 heteroatoms. The maximum atomic E-state index is 13.1. The normalized spacial score (nSPS) is 20.3. The second kappa shape index (κ2) is 6.50. The zero-order valence-electron chi connectivity index (χ0n) is 14.6. The van der Waals surface area contributed by atoms with Crippen LogP contribution in [0.25, 0.3) is 10.2 Å². The minimum absolute atomic E-state index is 0.0303. The zero-order chi connectivity index (χ0) is 17.5. The van der Waals surface area contributed by atoms with Gasteiger partial charge in [0, 0.05) is 31.0 Å². The van der Waals surface area contributed by atoms with Gasteiger partial charge in [-0.15, -0.1) is 11.3 Å². The van der Waals surface area contributed by atoms with E-state index >= 15 is 0 Å². The number of rotatable bonds is 2. The number of hydrogen-bond acceptors (Lipinski definition) is 5. The van der Waals surface area contributed by atoms with Crippen molar-refractivity contribution in [1.82, 2.24) is 15.0 Å². The SMILES string of the molecule is O=C(c1noc2c1CCCC2)N1CCCC(c2nc3ccccc3s2)C1. The van der Waals surface area contributed by atoms with Gasteiger partial charge in [-0.2, -0.15) is 0 Å². The topological polar surface area (TPSA) is 59.2 Å². The third-order valence-electron chi connectivity index (χ3n) is 5.52. The monoisotopic (exact) mass is 367 g/mol. The molecule has 3 aromatic rings. The molecule has 26 heavy (non-hydrogen) atoms. The van der Waals surface area contributed by atoms with E-state index in [0.717, 1.165) is 73.5 Å². The molecule has 1 aromatic carbocycles. The Hall–Kier alpha value is -2.21. The standard InChI is InChI=1S/C20H21N3O2S/c24-20(18-14-7-1-3-9-16(14)25-22-18)23-11-5-6-13(12-23)19-21-15-8-2-4-10-17(15)26-19/h2,4,8,10,13H,1,3,5-7,9,11-12H2. The summed E-state index contributed by atoms with van der Waals surface area (Å²) in [7, 11) is 0. The lowest BCUT2D eigenvalue weighted by Crippen LogP contribution is -2.39. The Bertz CT molecular complexity index is 928. The number of hydrogen-bond donors (Lipinski definition) is 0. The Morgan fingerprint density at radius 3 is 3.00 bits per heavy atom. The third-order valence-corrected chi connectivity index (χ3v) is 6.72. The van der Waals surface area contributed by atoms with E-state index in [9.17, 15) is 4.79 Å². The fourth-order valence-electron chi connectivity index (χ4n) is 4.13.